The van der Waals surface area contributed by atoms with Crippen LogP contribution in [-0.2, 0) is 9.59 Å². The van der Waals surface area contributed by atoms with Crippen LogP contribution in [0.4, 0.5) is 0 Å². The number of rotatable bonds is 4. The molecule has 0 saturated heterocycles. The summed E-state index contributed by atoms with van der Waals surface area (Å²) in [7, 11) is 1.82. The fourth-order valence-electron chi connectivity index (χ4n) is 2.20. The Bertz CT molecular complexity index is 273. The van der Waals surface area contributed by atoms with Gasteiger partial charge in [0.15, 0.2) is 0 Å². The molecule has 0 aromatic rings. The number of hydrogen-bond acceptors (Lipinski definition) is 3. The number of carbonyl (C=O) groups excluding carboxylic acids is 2. The van der Waals surface area contributed by atoms with Gasteiger partial charge in [0, 0.05) is 13.1 Å². The van der Waals surface area contributed by atoms with Crippen molar-refractivity contribution in [2.24, 2.45) is 11.7 Å². The summed E-state index contributed by atoms with van der Waals surface area (Å²) in [4.78, 5) is 24.5. The first kappa shape index (κ1) is 14.0. The number of nitrogens with zero attached hydrogens (tertiary/aromatic N) is 1. The fourth-order valence-corrected chi connectivity index (χ4v) is 2.20. The molecule has 98 valence electrons. The van der Waals surface area contributed by atoms with Crippen LogP contribution in [-0.4, -0.2) is 42.9 Å². The topological polar surface area (TPSA) is 75.4 Å². The molecule has 1 aliphatic carbocycles. The lowest BCUT2D eigenvalue weighted by Crippen LogP contribution is -2.45. The molecule has 0 heterocycles. The smallest absolute Gasteiger partial charge is 0.241 e. The zero-order valence-electron chi connectivity index (χ0n) is 10.7. The highest BCUT2D eigenvalue weighted by Gasteiger charge is 2.24. The Hall–Kier alpha value is -1.10. The molecule has 0 unspecified atom stereocenters. The Morgan fingerprint density at radius 1 is 1.29 bits per heavy atom. The molecular formula is C12H23N3O2. The van der Waals surface area contributed by atoms with E-state index >= 15 is 0 Å². The summed E-state index contributed by atoms with van der Waals surface area (Å²) in [5.41, 5.74) is 5.16. The molecule has 0 bridgehead atoms. The summed E-state index contributed by atoms with van der Waals surface area (Å²) < 4.78 is 0. The van der Waals surface area contributed by atoms with Crippen LogP contribution in [0.5, 0.6) is 0 Å². The molecule has 0 aliphatic heterocycles. The summed E-state index contributed by atoms with van der Waals surface area (Å²) in [6.07, 6.45) is 4.48. The molecule has 0 aromatic carbocycles. The quantitative estimate of drug-likeness (QED) is 0.733. The second kappa shape index (κ2) is 6.59. The predicted molar refractivity (Wildman–Crippen MR) is 66.3 cm³/mol. The number of carbonyl (C=O) groups is 2. The van der Waals surface area contributed by atoms with E-state index in [2.05, 4.69) is 12.2 Å². The Kier molecular flexibility index (Phi) is 5.41. The van der Waals surface area contributed by atoms with E-state index in [1.807, 2.05) is 7.05 Å². The fraction of sp³-hybridized carbons (Fsp3) is 0.833. The van der Waals surface area contributed by atoms with Gasteiger partial charge >= 0.3 is 0 Å². The van der Waals surface area contributed by atoms with Gasteiger partial charge < -0.3 is 16.0 Å². The molecule has 1 fully saturated rings. The molecule has 17 heavy (non-hydrogen) atoms. The van der Waals surface area contributed by atoms with Gasteiger partial charge in [0.25, 0.3) is 0 Å². The standard InChI is InChI=1S/C12H23N3O2/c1-9-3-5-10(6-4-9)15(2)12(17)8-14-11(16)7-13/h9-10H,3-8,13H2,1-2H3,(H,14,16). The largest absolute Gasteiger partial charge is 0.346 e. The molecule has 3 N–H and O–H groups in total. The lowest BCUT2D eigenvalue weighted by Gasteiger charge is -2.33. The summed E-state index contributed by atoms with van der Waals surface area (Å²) in [6.45, 7) is 2.23. The van der Waals surface area contributed by atoms with Gasteiger partial charge in [0.2, 0.25) is 11.8 Å². The molecule has 0 atom stereocenters. The summed E-state index contributed by atoms with van der Waals surface area (Å²) >= 11 is 0. The van der Waals surface area contributed by atoms with Crippen molar-refractivity contribution < 1.29 is 9.59 Å². The summed E-state index contributed by atoms with van der Waals surface area (Å²) in [6, 6.07) is 0.327. The van der Waals surface area contributed by atoms with Crippen LogP contribution in [0.1, 0.15) is 32.6 Å². The highest BCUT2D eigenvalue weighted by atomic mass is 16.2. The van der Waals surface area contributed by atoms with Crippen LogP contribution in [0.2, 0.25) is 0 Å². The van der Waals surface area contributed by atoms with Gasteiger partial charge in [-0.25, -0.2) is 0 Å². The van der Waals surface area contributed by atoms with Crippen molar-refractivity contribution in [1.82, 2.24) is 10.2 Å². The molecule has 0 spiro atoms. The van der Waals surface area contributed by atoms with Gasteiger partial charge in [0.1, 0.15) is 0 Å². The maximum Gasteiger partial charge on any atom is 0.241 e. The summed E-state index contributed by atoms with van der Waals surface area (Å²) in [5.74, 6) is 0.446. The van der Waals surface area contributed by atoms with Crippen LogP contribution in [0, 0.1) is 5.92 Å². The molecule has 5 heteroatoms. The molecule has 1 saturated carbocycles. The van der Waals surface area contributed by atoms with E-state index in [1.54, 1.807) is 4.90 Å². The van der Waals surface area contributed by atoms with Crippen molar-refractivity contribution in [3.8, 4) is 0 Å². The number of amides is 2. The molecule has 1 rings (SSSR count). The van der Waals surface area contributed by atoms with Crippen molar-refractivity contribution in [2.75, 3.05) is 20.1 Å². The minimum absolute atomic E-state index is 0.0358. The highest BCUT2D eigenvalue weighted by molar-refractivity contribution is 5.85. The predicted octanol–water partition coefficient (Wildman–Crippen LogP) is 0.0984. The van der Waals surface area contributed by atoms with Crippen LogP contribution in [0.3, 0.4) is 0 Å². The van der Waals surface area contributed by atoms with Gasteiger partial charge in [-0.3, -0.25) is 9.59 Å². The number of hydrogen-bond donors (Lipinski definition) is 2. The van der Waals surface area contributed by atoms with Crippen molar-refractivity contribution in [3.05, 3.63) is 0 Å². The van der Waals surface area contributed by atoms with Crippen LogP contribution < -0.4 is 11.1 Å². The first-order valence-corrected chi connectivity index (χ1v) is 6.27. The van der Waals surface area contributed by atoms with Crippen LogP contribution >= 0.6 is 0 Å². The monoisotopic (exact) mass is 241 g/mol. The molecule has 2 amide bonds. The van der Waals surface area contributed by atoms with Crippen LogP contribution in [0.15, 0.2) is 0 Å². The third-order valence-electron chi connectivity index (χ3n) is 3.55. The van der Waals surface area contributed by atoms with Gasteiger partial charge in [-0.05, 0) is 31.6 Å². The Morgan fingerprint density at radius 3 is 2.41 bits per heavy atom. The average molecular weight is 241 g/mol. The molecule has 0 radical (unpaired) electrons. The molecular weight excluding hydrogens is 218 g/mol. The number of nitrogens with one attached hydrogen (secondary N) is 1. The lowest BCUT2D eigenvalue weighted by atomic mass is 9.87. The van der Waals surface area contributed by atoms with E-state index in [0.717, 1.165) is 18.8 Å². The van der Waals surface area contributed by atoms with E-state index in [-0.39, 0.29) is 24.9 Å². The van der Waals surface area contributed by atoms with Gasteiger partial charge in [-0.1, -0.05) is 6.92 Å². The zero-order chi connectivity index (χ0) is 12.8. The van der Waals surface area contributed by atoms with E-state index in [9.17, 15) is 9.59 Å². The van der Waals surface area contributed by atoms with E-state index in [4.69, 9.17) is 5.73 Å². The molecule has 0 aromatic heterocycles. The third-order valence-corrected chi connectivity index (χ3v) is 3.55. The van der Waals surface area contributed by atoms with Crippen molar-refractivity contribution in [1.29, 1.82) is 0 Å². The van der Waals surface area contributed by atoms with E-state index in [1.165, 1.54) is 12.8 Å². The average Bonchev–Trinajstić information content (AvgIpc) is 2.35. The van der Waals surface area contributed by atoms with Crippen molar-refractivity contribution in [3.63, 3.8) is 0 Å². The second-order valence-electron chi connectivity index (χ2n) is 4.90. The maximum atomic E-state index is 11.8. The lowest BCUT2D eigenvalue weighted by molar-refractivity contribution is -0.133. The number of nitrogens with two attached hydrogens (primary N) is 1. The maximum absolute atomic E-state index is 11.8. The third kappa shape index (κ3) is 4.34. The minimum atomic E-state index is -0.288. The highest BCUT2D eigenvalue weighted by Crippen LogP contribution is 2.26. The van der Waals surface area contributed by atoms with E-state index < -0.39 is 0 Å². The Morgan fingerprint density at radius 2 is 1.88 bits per heavy atom. The number of likely N-dealkylation sites (N-methyl/N-ethyl adjacent to an activating group) is 1. The SMILES string of the molecule is CC1CCC(N(C)C(=O)CNC(=O)CN)CC1. The van der Waals surface area contributed by atoms with Crippen molar-refractivity contribution >= 4 is 11.8 Å². The Labute approximate surface area is 103 Å². The van der Waals surface area contributed by atoms with Crippen LogP contribution in [0.25, 0.3) is 0 Å². The first-order valence-electron chi connectivity index (χ1n) is 6.27. The van der Waals surface area contributed by atoms with Crippen molar-refractivity contribution in [2.45, 2.75) is 38.6 Å². The summed E-state index contributed by atoms with van der Waals surface area (Å²) in [5, 5.41) is 2.51. The molecule has 5 nitrogen and oxygen atoms in total. The van der Waals surface area contributed by atoms with Gasteiger partial charge in [-0.2, -0.15) is 0 Å². The Balaban J connectivity index is 2.33. The minimum Gasteiger partial charge on any atom is -0.346 e. The van der Waals surface area contributed by atoms with Gasteiger partial charge in [-0.15, -0.1) is 0 Å². The normalized spacial score (nSPS) is 24.2. The first-order chi connectivity index (χ1) is 8.04. The zero-order valence-corrected chi connectivity index (χ0v) is 10.7. The van der Waals surface area contributed by atoms with E-state index in [0.29, 0.717) is 6.04 Å². The molecule has 1 aliphatic rings. The van der Waals surface area contributed by atoms with Gasteiger partial charge in [0.05, 0.1) is 13.1 Å². The second-order valence-corrected chi connectivity index (χ2v) is 4.90.